The molecule has 4 nitrogen and oxygen atoms in total. The highest BCUT2D eigenvalue weighted by molar-refractivity contribution is 5.87. The Balaban J connectivity index is 2.59. The van der Waals surface area contributed by atoms with Crippen molar-refractivity contribution in [3.05, 3.63) is 0 Å². The van der Waals surface area contributed by atoms with Gasteiger partial charge in [0, 0.05) is 5.92 Å². The zero-order valence-electron chi connectivity index (χ0n) is 10.2. The lowest BCUT2D eigenvalue weighted by Gasteiger charge is -2.29. The zero-order valence-corrected chi connectivity index (χ0v) is 10.2. The van der Waals surface area contributed by atoms with Crippen molar-refractivity contribution in [3.8, 4) is 0 Å². The van der Waals surface area contributed by atoms with Crippen molar-refractivity contribution >= 4 is 11.8 Å². The molecular weight excluding hydrogens is 204 g/mol. The number of rotatable bonds is 4. The van der Waals surface area contributed by atoms with E-state index in [4.69, 9.17) is 5.73 Å². The fourth-order valence-corrected chi connectivity index (χ4v) is 2.21. The van der Waals surface area contributed by atoms with Crippen LogP contribution in [0.15, 0.2) is 0 Å². The number of nitrogens with one attached hydrogen (secondary N) is 1. The molecule has 0 unspecified atom stereocenters. The molecule has 16 heavy (non-hydrogen) atoms. The minimum Gasteiger partial charge on any atom is -0.368 e. The molecule has 0 aromatic carbocycles. The van der Waals surface area contributed by atoms with Crippen LogP contribution < -0.4 is 11.1 Å². The molecule has 1 fully saturated rings. The maximum atomic E-state index is 11.6. The maximum absolute atomic E-state index is 11.6. The third-order valence-corrected chi connectivity index (χ3v) is 3.25. The van der Waals surface area contributed by atoms with Crippen LogP contribution in [0, 0.1) is 11.8 Å². The molecule has 4 heteroatoms. The fourth-order valence-electron chi connectivity index (χ4n) is 2.21. The summed E-state index contributed by atoms with van der Waals surface area (Å²) < 4.78 is 0. The molecule has 0 saturated heterocycles. The summed E-state index contributed by atoms with van der Waals surface area (Å²) in [5, 5.41) is 2.77. The van der Waals surface area contributed by atoms with Crippen LogP contribution in [0.4, 0.5) is 0 Å². The Kier molecular flexibility index (Phi) is 4.77. The first-order valence-electron chi connectivity index (χ1n) is 6.12. The molecule has 0 spiro atoms. The largest absolute Gasteiger partial charge is 0.368 e. The maximum Gasteiger partial charge on any atom is 0.240 e. The van der Waals surface area contributed by atoms with Crippen LogP contribution in [-0.4, -0.2) is 17.9 Å². The summed E-state index contributed by atoms with van der Waals surface area (Å²) in [5.74, 6) is -0.366. The molecule has 1 atom stereocenters. The van der Waals surface area contributed by atoms with Gasteiger partial charge in [-0.2, -0.15) is 0 Å². The molecule has 0 aromatic heterocycles. The molecule has 0 aliphatic heterocycles. The number of nitrogens with two attached hydrogens (primary N) is 1. The van der Waals surface area contributed by atoms with E-state index in [1.807, 2.05) is 13.8 Å². The van der Waals surface area contributed by atoms with Crippen molar-refractivity contribution in [2.24, 2.45) is 17.6 Å². The summed E-state index contributed by atoms with van der Waals surface area (Å²) in [6, 6.07) is -0.477. The second-order valence-electron chi connectivity index (χ2n) is 4.94. The second-order valence-corrected chi connectivity index (χ2v) is 4.94. The molecule has 1 aliphatic carbocycles. The Bertz CT molecular complexity index is 258. The van der Waals surface area contributed by atoms with E-state index in [2.05, 4.69) is 5.32 Å². The van der Waals surface area contributed by atoms with Gasteiger partial charge in [-0.05, 0) is 18.8 Å². The Morgan fingerprint density at radius 1 is 1.19 bits per heavy atom. The van der Waals surface area contributed by atoms with Crippen molar-refractivity contribution in [2.75, 3.05) is 0 Å². The molecule has 1 aliphatic rings. The SMILES string of the molecule is CC(C)C(=O)N[C@@H](C(N)=O)C1CCCCC1. The average molecular weight is 226 g/mol. The molecular formula is C12H22N2O2. The van der Waals surface area contributed by atoms with E-state index in [0.29, 0.717) is 0 Å². The fraction of sp³-hybridized carbons (Fsp3) is 0.833. The summed E-state index contributed by atoms with van der Waals surface area (Å²) >= 11 is 0. The van der Waals surface area contributed by atoms with Crippen LogP contribution in [0.5, 0.6) is 0 Å². The highest BCUT2D eigenvalue weighted by atomic mass is 16.2. The van der Waals surface area contributed by atoms with Gasteiger partial charge in [0.2, 0.25) is 11.8 Å². The van der Waals surface area contributed by atoms with E-state index in [-0.39, 0.29) is 17.7 Å². The van der Waals surface area contributed by atoms with Gasteiger partial charge in [0.05, 0.1) is 0 Å². The van der Waals surface area contributed by atoms with E-state index in [0.717, 1.165) is 25.7 Å². The number of hydrogen-bond donors (Lipinski definition) is 2. The lowest BCUT2D eigenvalue weighted by molar-refractivity contribution is -0.130. The van der Waals surface area contributed by atoms with Gasteiger partial charge in [-0.1, -0.05) is 33.1 Å². The molecule has 0 aromatic rings. The molecule has 3 N–H and O–H groups in total. The first-order chi connectivity index (χ1) is 7.52. The van der Waals surface area contributed by atoms with Crippen molar-refractivity contribution in [2.45, 2.75) is 52.0 Å². The second kappa shape index (κ2) is 5.87. The summed E-state index contributed by atoms with van der Waals surface area (Å²) in [7, 11) is 0. The lowest BCUT2D eigenvalue weighted by Crippen LogP contribution is -2.50. The number of carbonyl (C=O) groups excluding carboxylic acids is 2. The molecule has 1 rings (SSSR count). The lowest BCUT2D eigenvalue weighted by atomic mass is 9.83. The quantitative estimate of drug-likeness (QED) is 0.756. The Morgan fingerprint density at radius 3 is 2.19 bits per heavy atom. The van der Waals surface area contributed by atoms with E-state index in [1.54, 1.807) is 0 Å². The molecule has 1 saturated carbocycles. The van der Waals surface area contributed by atoms with Gasteiger partial charge >= 0.3 is 0 Å². The van der Waals surface area contributed by atoms with Gasteiger partial charge in [0.25, 0.3) is 0 Å². The Morgan fingerprint density at radius 2 is 1.75 bits per heavy atom. The van der Waals surface area contributed by atoms with E-state index >= 15 is 0 Å². The molecule has 92 valence electrons. The van der Waals surface area contributed by atoms with Crippen LogP contribution in [0.25, 0.3) is 0 Å². The van der Waals surface area contributed by atoms with E-state index < -0.39 is 11.9 Å². The van der Waals surface area contributed by atoms with Crippen LogP contribution >= 0.6 is 0 Å². The summed E-state index contributed by atoms with van der Waals surface area (Å²) in [6.07, 6.45) is 5.47. The van der Waals surface area contributed by atoms with Crippen molar-refractivity contribution in [1.29, 1.82) is 0 Å². The monoisotopic (exact) mass is 226 g/mol. The van der Waals surface area contributed by atoms with Crippen LogP contribution in [0.2, 0.25) is 0 Å². The van der Waals surface area contributed by atoms with E-state index in [1.165, 1.54) is 6.42 Å². The van der Waals surface area contributed by atoms with E-state index in [9.17, 15) is 9.59 Å². The first kappa shape index (κ1) is 13.0. The van der Waals surface area contributed by atoms with Crippen LogP contribution in [-0.2, 0) is 9.59 Å². The number of carbonyl (C=O) groups is 2. The van der Waals surface area contributed by atoms with Gasteiger partial charge in [0.15, 0.2) is 0 Å². The first-order valence-corrected chi connectivity index (χ1v) is 6.12. The number of hydrogen-bond acceptors (Lipinski definition) is 2. The summed E-state index contributed by atoms with van der Waals surface area (Å²) in [5.41, 5.74) is 5.36. The number of amides is 2. The van der Waals surface area contributed by atoms with Crippen LogP contribution in [0.1, 0.15) is 46.0 Å². The molecule has 0 bridgehead atoms. The highest BCUT2D eigenvalue weighted by Gasteiger charge is 2.29. The predicted molar refractivity (Wildman–Crippen MR) is 62.5 cm³/mol. The smallest absolute Gasteiger partial charge is 0.240 e. The Hall–Kier alpha value is -1.06. The summed E-state index contributed by atoms with van der Waals surface area (Å²) in [4.78, 5) is 22.9. The standard InChI is InChI=1S/C12H22N2O2/c1-8(2)12(16)14-10(11(13)15)9-6-4-3-5-7-9/h8-10H,3-7H2,1-2H3,(H2,13,15)(H,14,16)/t10-/m1/s1. The zero-order chi connectivity index (χ0) is 12.1. The normalized spacial score (nSPS) is 19.4. The van der Waals surface area contributed by atoms with Crippen molar-refractivity contribution in [1.82, 2.24) is 5.32 Å². The minimum atomic E-state index is -0.477. The average Bonchev–Trinajstić information content (AvgIpc) is 2.26. The van der Waals surface area contributed by atoms with Crippen molar-refractivity contribution < 1.29 is 9.59 Å². The van der Waals surface area contributed by atoms with Gasteiger partial charge in [-0.15, -0.1) is 0 Å². The van der Waals surface area contributed by atoms with Crippen LogP contribution in [0.3, 0.4) is 0 Å². The van der Waals surface area contributed by atoms with Gasteiger partial charge in [0.1, 0.15) is 6.04 Å². The molecule has 0 radical (unpaired) electrons. The third kappa shape index (κ3) is 3.51. The minimum absolute atomic E-state index is 0.0885. The van der Waals surface area contributed by atoms with Gasteiger partial charge in [-0.25, -0.2) is 0 Å². The summed E-state index contributed by atoms with van der Waals surface area (Å²) in [6.45, 7) is 3.63. The van der Waals surface area contributed by atoms with Crippen molar-refractivity contribution in [3.63, 3.8) is 0 Å². The van der Waals surface area contributed by atoms with Gasteiger partial charge < -0.3 is 11.1 Å². The molecule has 0 heterocycles. The topological polar surface area (TPSA) is 72.2 Å². The predicted octanol–water partition coefficient (Wildman–Crippen LogP) is 1.19. The highest BCUT2D eigenvalue weighted by Crippen LogP contribution is 2.26. The molecule has 2 amide bonds. The third-order valence-electron chi connectivity index (χ3n) is 3.25. The Labute approximate surface area is 97.0 Å². The number of primary amides is 1. The van der Waals surface area contributed by atoms with Gasteiger partial charge in [-0.3, -0.25) is 9.59 Å².